The fourth-order valence-corrected chi connectivity index (χ4v) is 2.63. The first-order valence-electron chi connectivity index (χ1n) is 9.27. The Bertz CT molecular complexity index is 960. The zero-order valence-electron chi connectivity index (χ0n) is 16.4. The van der Waals surface area contributed by atoms with E-state index in [1.54, 1.807) is 42.5 Å². The number of hydrogen-bond donors (Lipinski definition) is 5. The first-order chi connectivity index (χ1) is 14.7. The fourth-order valence-electron chi connectivity index (χ4n) is 2.63. The van der Waals surface area contributed by atoms with Crippen LogP contribution in [0.4, 0.5) is 5.69 Å². The third-order valence-electron chi connectivity index (χ3n) is 4.13. The van der Waals surface area contributed by atoms with Crippen LogP contribution in [-0.2, 0) is 20.9 Å². The third-order valence-corrected chi connectivity index (χ3v) is 4.13. The number of nitrogens with one attached hydrogen (secondary N) is 2. The van der Waals surface area contributed by atoms with Crippen molar-refractivity contribution in [2.24, 2.45) is 0 Å². The van der Waals surface area contributed by atoms with Gasteiger partial charge >= 0.3 is 17.9 Å². The minimum absolute atomic E-state index is 0.224. The average Bonchev–Trinajstić information content (AvgIpc) is 2.73. The molecule has 0 saturated heterocycles. The van der Waals surface area contributed by atoms with Gasteiger partial charge in [-0.3, -0.25) is 9.59 Å². The van der Waals surface area contributed by atoms with Crippen molar-refractivity contribution < 1.29 is 39.2 Å². The Balaban J connectivity index is 1.99. The molecule has 10 nitrogen and oxygen atoms in total. The van der Waals surface area contributed by atoms with Gasteiger partial charge in [0.2, 0.25) is 0 Å². The topological polar surface area (TPSA) is 162 Å². The Labute approximate surface area is 177 Å². The highest BCUT2D eigenvalue weighted by Crippen LogP contribution is 2.18. The quantitative estimate of drug-likeness (QED) is 0.338. The van der Waals surface area contributed by atoms with Crippen LogP contribution < -0.4 is 15.4 Å². The standard InChI is InChI=1S/C21H22N2O8/c24-18(25)8-7-17(21(29)30)23-20(28)14-4-1-3-13(9-14)11-22-15-5-2-6-16(10-15)31-12-19(26)27/h1-6,9-10,17,22H,7-8,11-12H2,(H,23,28)(H,24,25)(H,26,27)(H,29,30)/t17-/m1/s1. The highest BCUT2D eigenvalue weighted by molar-refractivity contribution is 5.96. The molecule has 10 heteroatoms. The molecular formula is C21H22N2O8. The summed E-state index contributed by atoms with van der Waals surface area (Å²) >= 11 is 0. The minimum Gasteiger partial charge on any atom is -0.482 e. The molecule has 0 saturated carbocycles. The number of anilines is 1. The Morgan fingerprint density at radius 1 is 0.935 bits per heavy atom. The number of ether oxygens (including phenoxy) is 1. The van der Waals surface area contributed by atoms with Crippen molar-refractivity contribution in [1.29, 1.82) is 0 Å². The summed E-state index contributed by atoms with van der Waals surface area (Å²) in [7, 11) is 0. The van der Waals surface area contributed by atoms with E-state index in [2.05, 4.69) is 10.6 Å². The maximum Gasteiger partial charge on any atom is 0.341 e. The maximum atomic E-state index is 12.4. The van der Waals surface area contributed by atoms with Gasteiger partial charge in [-0.05, 0) is 36.2 Å². The van der Waals surface area contributed by atoms with Crippen LogP contribution in [0.2, 0.25) is 0 Å². The Morgan fingerprint density at radius 2 is 1.68 bits per heavy atom. The smallest absolute Gasteiger partial charge is 0.341 e. The second-order valence-corrected chi connectivity index (χ2v) is 6.56. The van der Waals surface area contributed by atoms with E-state index in [4.69, 9.17) is 14.9 Å². The molecule has 0 fully saturated rings. The van der Waals surface area contributed by atoms with Gasteiger partial charge in [0.15, 0.2) is 6.61 Å². The third kappa shape index (κ3) is 8.05. The number of aliphatic carboxylic acids is 3. The van der Waals surface area contributed by atoms with Gasteiger partial charge in [0.1, 0.15) is 11.8 Å². The zero-order chi connectivity index (χ0) is 22.8. The summed E-state index contributed by atoms with van der Waals surface area (Å²) in [4.78, 5) is 44.9. The van der Waals surface area contributed by atoms with Gasteiger partial charge in [-0.15, -0.1) is 0 Å². The number of amides is 1. The summed E-state index contributed by atoms with van der Waals surface area (Å²) in [5.41, 5.74) is 1.65. The number of carboxylic acids is 3. The lowest BCUT2D eigenvalue weighted by Gasteiger charge is -2.14. The van der Waals surface area contributed by atoms with Gasteiger partial charge in [-0.1, -0.05) is 18.2 Å². The Hall–Kier alpha value is -4.08. The Morgan fingerprint density at radius 3 is 2.35 bits per heavy atom. The predicted molar refractivity (Wildman–Crippen MR) is 109 cm³/mol. The van der Waals surface area contributed by atoms with Gasteiger partial charge in [0.05, 0.1) is 0 Å². The van der Waals surface area contributed by atoms with Gasteiger partial charge in [0, 0.05) is 30.3 Å². The van der Waals surface area contributed by atoms with Gasteiger partial charge in [-0.2, -0.15) is 0 Å². The van der Waals surface area contributed by atoms with Crippen LogP contribution in [-0.4, -0.2) is 51.8 Å². The van der Waals surface area contributed by atoms with E-state index in [0.717, 1.165) is 5.56 Å². The lowest BCUT2D eigenvalue weighted by molar-refractivity contribution is -0.141. The van der Waals surface area contributed by atoms with Crippen molar-refractivity contribution in [2.45, 2.75) is 25.4 Å². The molecule has 1 amide bonds. The van der Waals surface area contributed by atoms with Crippen molar-refractivity contribution >= 4 is 29.5 Å². The van der Waals surface area contributed by atoms with Crippen molar-refractivity contribution in [3.05, 3.63) is 59.7 Å². The molecule has 5 N–H and O–H groups in total. The molecule has 0 heterocycles. The molecule has 2 aromatic rings. The van der Waals surface area contributed by atoms with Crippen molar-refractivity contribution in [3.8, 4) is 5.75 Å². The highest BCUT2D eigenvalue weighted by Gasteiger charge is 2.21. The van der Waals surface area contributed by atoms with E-state index in [-0.39, 0.29) is 18.4 Å². The van der Waals surface area contributed by atoms with Crippen LogP contribution in [0.1, 0.15) is 28.8 Å². The number of benzene rings is 2. The Kier molecular flexibility index (Phi) is 8.38. The minimum atomic E-state index is -1.31. The van der Waals surface area contributed by atoms with Crippen molar-refractivity contribution in [3.63, 3.8) is 0 Å². The zero-order valence-corrected chi connectivity index (χ0v) is 16.4. The largest absolute Gasteiger partial charge is 0.482 e. The van der Waals surface area contributed by atoms with Crippen LogP contribution in [0.15, 0.2) is 48.5 Å². The number of carboxylic acid groups (broad SMARTS) is 3. The lowest BCUT2D eigenvalue weighted by atomic mass is 10.1. The van der Waals surface area contributed by atoms with E-state index < -0.39 is 36.5 Å². The summed E-state index contributed by atoms with van der Waals surface area (Å²) < 4.78 is 5.12. The second kappa shape index (κ2) is 11.2. The van der Waals surface area contributed by atoms with Gasteiger partial charge in [0.25, 0.3) is 5.91 Å². The van der Waals surface area contributed by atoms with Crippen LogP contribution in [0.25, 0.3) is 0 Å². The molecule has 0 bridgehead atoms. The van der Waals surface area contributed by atoms with E-state index in [0.29, 0.717) is 18.0 Å². The van der Waals surface area contributed by atoms with E-state index in [1.165, 1.54) is 6.07 Å². The summed E-state index contributed by atoms with van der Waals surface area (Å²) in [6.07, 6.45) is -0.603. The predicted octanol–water partition coefficient (Wildman–Crippen LogP) is 1.81. The maximum absolute atomic E-state index is 12.4. The number of carbonyl (C=O) groups is 4. The van der Waals surface area contributed by atoms with E-state index in [1.807, 2.05) is 0 Å². The average molecular weight is 430 g/mol. The SMILES string of the molecule is O=C(O)CC[C@@H](NC(=O)c1cccc(CNc2cccc(OCC(=O)O)c2)c1)C(=O)O. The molecule has 0 radical (unpaired) electrons. The monoisotopic (exact) mass is 430 g/mol. The molecule has 2 aromatic carbocycles. The first kappa shape index (κ1) is 23.2. The van der Waals surface area contributed by atoms with Crippen LogP contribution in [0.3, 0.4) is 0 Å². The van der Waals surface area contributed by atoms with Gasteiger partial charge in [-0.25, -0.2) is 9.59 Å². The molecule has 164 valence electrons. The summed E-state index contributed by atoms with van der Waals surface area (Å²) in [6, 6.07) is 12.0. The molecule has 0 aliphatic rings. The second-order valence-electron chi connectivity index (χ2n) is 6.56. The summed E-state index contributed by atoms with van der Waals surface area (Å²) in [6.45, 7) is -0.116. The van der Waals surface area contributed by atoms with E-state index >= 15 is 0 Å². The van der Waals surface area contributed by atoms with Crippen molar-refractivity contribution in [2.75, 3.05) is 11.9 Å². The van der Waals surface area contributed by atoms with Crippen LogP contribution >= 0.6 is 0 Å². The normalized spacial score (nSPS) is 11.2. The number of hydrogen-bond acceptors (Lipinski definition) is 6. The molecule has 1 atom stereocenters. The molecule has 0 spiro atoms. The number of rotatable bonds is 12. The molecule has 0 aliphatic carbocycles. The van der Waals surface area contributed by atoms with Crippen molar-refractivity contribution in [1.82, 2.24) is 5.32 Å². The van der Waals surface area contributed by atoms with Crippen LogP contribution in [0.5, 0.6) is 5.75 Å². The molecule has 2 rings (SSSR count). The molecule has 0 aliphatic heterocycles. The van der Waals surface area contributed by atoms with Crippen LogP contribution in [0, 0.1) is 0 Å². The van der Waals surface area contributed by atoms with Gasteiger partial charge < -0.3 is 30.7 Å². The van der Waals surface area contributed by atoms with E-state index in [9.17, 15) is 24.3 Å². The fraction of sp³-hybridized carbons (Fsp3) is 0.238. The lowest BCUT2D eigenvalue weighted by Crippen LogP contribution is -2.41. The molecule has 0 unspecified atom stereocenters. The first-order valence-corrected chi connectivity index (χ1v) is 9.27. The number of carbonyl (C=O) groups excluding carboxylic acids is 1. The summed E-state index contributed by atoms with van der Waals surface area (Å²) in [5.74, 6) is -3.77. The summed E-state index contributed by atoms with van der Waals surface area (Å²) in [5, 5.41) is 32.0. The molecule has 31 heavy (non-hydrogen) atoms. The molecule has 0 aromatic heterocycles. The highest BCUT2D eigenvalue weighted by atomic mass is 16.5. The molecular weight excluding hydrogens is 408 g/mol.